The van der Waals surface area contributed by atoms with E-state index in [0.717, 1.165) is 17.0 Å². The average molecular weight is 517 g/mol. The standard InChI is InChI=1S/C29H32N4O5/c1-31-27(19-6-5-11-30-18-19)26(22-16-24(37-3)25(38-4)17-23(22)28(31)34)29(35)33-14-12-32(13-15-33)20-7-9-21(36-2)10-8-20/h5-11,16-18,26-27H,12-15H2,1-4H3/t26-,27-/m1/s1. The molecule has 2 aliphatic rings. The van der Waals surface area contributed by atoms with Gasteiger partial charge in [0.05, 0.1) is 33.3 Å². The predicted octanol–water partition coefficient (Wildman–Crippen LogP) is 3.37. The molecule has 2 atom stereocenters. The maximum absolute atomic E-state index is 14.3. The maximum Gasteiger partial charge on any atom is 0.254 e. The van der Waals surface area contributed by atoms with E-state index in [1.54, 1.807) is 50.7 Å². The van der Waals surface area contributed by atoms with Crippen LogP contribution in [0.5, 0.6) is 17.2 Å². The van der Waals surface area contributed by atoms with Crippen molar-refractivity contribution in [2.45, 2.75) is 12.0 Å². The molecule has 2 aliphatic heterocycles. The summed E-state index contributed by atoms with van der Waals surface area (Å²) in [6, 6.07) is 14.6. The zero-order valence-electron chi connectivity index (χ0n) is 22.1. The van der Waals surface area contributed by atoms with Crippen molar-refractivity contribution in [2.75, 3.05) is 59.5 Å². The SMILES string of the molecule is COc1ccc(N2CCN(C(=O)[C@@H]3c4cc(OC)c(OC)cc4C(=O)N(C)[C@@H]3c3cccnc3)CC2)cc1. The number of carbonyl (C=O) groups excluding carboxylic acids is 2. The fraction of sp³-hybridized carbons (Fsp3) is 0.345. The molecule has 9 nitrogen and oxygen atoms in total. The second kappa shape index (κ2) is 10.6. The lowest BCUT2D eigenvalue weighted by Gasteiger charge is -2.43. The number of pyridine rings is 1. The molecule has 0 spiro atoms. The van der Waals surface area contributed by atoms with Gasteiger partial charge in [-0.2, -0.15) is 0 Å². The van der Waals surface area contributed by atoms with Gasteiger partial charge in [0, 0.05) is 56.9 Å². The van der Waals surface area contributed by atoms with Crippen molar-refractivity contribution in [1.29, 1.82) is 0 Å². The van der Waals surface area contributed by atoms with Crippen LogP contribution in [0.2, 0.25) is 0 Å². The third-order valence-corrected chi connectivity index (χ3v) is 7.50. The fourth-order valence-electron chi connectivity index (χ4n) is 5.46. The Hall–Kier alpha value is -4.27. The molecule has 1 saturated heterocycles. The first kappa shape index (κ1) is 25.4. The number of likely N-dealkylation sites (N-methyl/N-ethyl adjacent to an activating group) is 1. The van der Waals surface area contributed by atoms with Crippen molar-refractivity contribution < 1.29 is 23.8 Å². The number of fused-ring (bicyclic) bond motifs is 1. The van der Waals surface area contributed by atoms with Crippen LogP contribution in [0, 0.1) is 0 Å². The van der Waals surface area contributed by atoms with Crippen LogP contribution in [-0.2, 0) is 4.79 Å². The highest BCUT2D eigenvalue weighted by molar-refractivity contribution is 6.02. The van der Waals surface area contributed by atoms with E-state index in [9.17, 15) is 9.59 Å². The Morgan fingerprint density at radius 3 is 2.21 bits per heavy atom. The van der Waals surface area contributed by atoms with Gasteiger partial charge in [-0.1, -0.05) is 6.07 Å². The third kappa shape index (κ3) is 4.49. The summed E-state index contributed by atoms with van der Waals surface area (Å²) in [7, 11) is 6.47. The van der Waals surface area contributed by atoms with Gasteiger partial charge in [-0.05, 0) is 53.6 Å². The number of anilines is 1. The molecule has 2 aromatic carbocycles. The summed E-state index contributed by atoms with van der Waals surface area (Å²) in [4.78, 5) is 37.9. The summed E-state index contributed by atoms with van der Waals surface area (Å²) in [6.07, 6.45) is 3.41. The molecule has 1 fully saturated rings. The number of piperazine rings is 1. The van der Waals surface area contributed by atoms with Crippen molar-refractivity contribution in [3.05, 3.63) is 77.6 Å². The van der Waals surface area contributed by atoms with Gasteiger partial charge in [-0.15, -0.1) is 0 Å². The minimum Gasteiger partial charge on any atom is -0.497 e. The van der Waals surface area contributed by atoms with Crippen LogP contribution in [-0.4, -0.2) is 81.2 Å². The fourth-order valence-corrected chi connectivity index (χ4v) is 5.46. The van der Waals surface area contributed by atoms with E-state index < -0.39 is 12.0 Å². The van der Waals surface area contributed by atoms with Gasteiger partial charge in [0.15, 0.2) is 11.5 Å². The van der Waals surface area contributed by atoms with Gasteiger partial charge in [0.25, 0.3) is 5.91 Å². The van der Waals surface area contributed by atoms with Crippen LogP contribution in [0.1, 0.15) is 33.4 Å². The second-order valence-corrected chi connectivity index (χ2v) is 9.43. The number of hydrogen-bond acceptors (Lipinski definition) is 7. The van der Waals surface area contributed by atoms with Gasteiger partial charge >= 0.3 is 0 Å². The third-order valence-electron chi connectivity index (χ3n) is 7.50. The molecule has 198 valence electrons. The quantitative estimate of drug-likeness (QED) is 0.497. The van der Waals surface area contributed by atoms with Crippen LogP contribution in [0.4, 0.5) is 5.69 Å². The molecule has 9 heteroatoms. The molecule has 1 aromatic heterocycles. The number of ether oxygens (including phenoxy) is 3. The average Bonchev–Trinajstić information content (AvgIpc) is 2.98. The van der Waals surface area contributed by atoms with E-state index in [1.807, 2.05) is 41.3 Å². The van der Waals surface area contributed by atoms with Crippen molar-refractivity contribution in [3.63, 3.8) is 0 Å². The van der Waals surface area contributed by atoms with E-state index in [2.05, 4.69) is 9.88 Å². The van der Waals surface area contributed by atoms with Gasteiger partial charge in [-0.3, -0.25) is 14.6 Å². The Morgan fingerprint density at radius 2 is 1.61 bits per heavy atom. The molecule has 0 radical (unpaired) electrons. The lowest BCUT2D eigenvalue weighted by molar-refractivity contribution is -0.134. The smallest absolute Gasteiger partial charge is 0.254 e. The number of aromatic nitrogens is 1. The van der Waals surface area contributed by atoms with E-state index in [-0.39, 0.29) is 11.8 Å². The summed E-state index contributed by atoms with van der Waals surface area (Å²) < 4.78 is 16.3. The maximum atomic E-state index is 14.3. The van der Waals surface area contributed by atoms with E-state index >= 15 is 0 Å². The monoisotopic (exact) mass is 516 g/mol. The minimum absolute atomic E-state index is 0.0268. The molecule has 5 rings (SSSR count). The van der Waals surface area contributed by atoms with Gasteiger partial charge < -0.3 is 28.9 Å². The van der Waals surface area contributed by atoms with Crippen LogP contribution < -0.4 is 19.1 Å². The van der Waals surface area contributed by atoms with Gasteiger partial charge in [-0.25, -0.2) is 0 Å². The zero-order valence-corrected chi connectivity index (χ0v) is 22.1. The topological polar surface area (TPSA) is 84.4 Å². The molecule has 3 aromatic rings. The first-order chi connectivity index (χ1) is 18.5. The molecular weight excluding hydrogens is 484 g/mol. The normalized spacial score (nSPS) is 19.2. The summed E-state index contributed by atoms with van der Waals surface area (Å²) in [5, 5.41) is 0. The number of nitrogens with zero attached hydrogens (tertiary/aromatic N) is 4. The zero-order chi connectivity index (χ0) is 26.8. The number of rotatable bonds is 6. The van der Waals surface area contributed by atoms with Crippen molar-refractivity contribution in [2.24, 2.45) is 0 Å². The molecule has 0 aliphatic carbocycles. The molecule has 38 heavy (non-hydrogen) atoms. The van der Waals surface area contributed by atoms with E-state index in [1.165, 1.54) is 7.11 Å². The summed E-state index contributed by atoms with van der Waals surface area (Å²) in [6.45, 7) is 2.55. The molecule has 2 amide bonds. The van der Waals surface area contributed by atoms with Crippen LogP contribution in [0.25, 0.3) is 0 Å². The predicted molar refractivity (Wildman–Crippen MR) is 143 cm³/mol. The summed E-state index contributed by atoms with van der Waals surface area (Å²) in [5.41, 5.74) is 2.98. The molecule has 0 saturated carbocycles. The number of hydrogen-bond donors (Lipinski definition) is 0. The lowest BCUT2D eigenvalue weighted by atomic mass is 9.79. The van der Waals surface area contributed by atoms with Crippen molar-refractivity contribution in [1.82, 2.24) is 14.8 Å². The van der Waals surface area contributed by atoms with Crippen molar-refractivity contribution >= 4 is 17.5 Å². The lowest BCUT2D eigenvalue weighted by Crippen LogP contribution is -2.53. The Kier molecular flexibility index (Phi) is 7.09. The highest BCUT2D eigenvalue weighted by Gasteiger charge is 2.45. The van der Waals surface area contributed by atoms with Crippen LogP contribution in [0.3, 0.4) is 0 Å². The Morgan fingerprint density at radius 1 is 0.921 bits per heavy atom. The van der Waals surface area contributed by atoms with Crippen LogP contribution in [0.15, 0.2) is 60.9 Å². The molecule has 0 unspecified atom stereocenters. The van der Waals surface area contributed by atoms with E-state index in [4.69, 9.17) is 14.2 Å². The number of methoxy groups -OCH3 is 3. The summed E-state index contributed by atoms with van der Waals surface area (Å²) >= 11 is 0. The first-order valence-electron chi connectivity index (χ1n) is 12.6. The highest BCUT2D eigenvalue weighted by Crippen LogP contribution is 2.46. The summed E-state index contributed by atoms with van der Waals surface area (Å²) in [5.74, 6) is 0.918. The molecule has 3 heterocycles. The molecule has 0 bridgehead atoms. The first-order valence-corrected chi connectivity index (χ1v) is 12.6. The highest BCUT2D eigenvalue weighted by atomic mass is 16.5. The minimum atomic E-state index is -0.621. The Labute approximate surface area is 222 Å². The second-order valence-electron chi connectivity index (χ2n) is 9.43. The molecular formula is C29H32N4O5. The molecule has 0 N–H and O–H groups in total. The number of amides is 2. The van der Waals surface area contributed by atoms with Gasteiger partial charge in [0.1, 0.15) is 5.75 Å². The largest absolute Gasteiger partial charge is 0.497 e. The van der Waals surface area contributed by atoms with Gasteiger partial charge in [0.2, 0.25) is 5.91 Å². The van der Waals surface area contributed by atoms with Crippen LogP contribution >= 0.6 is 0 Å². The Bertz CT molecular complexity index is 1310. The number of carbonyl (C=O) groups is 2. The van der Waals surface area contributed by atoms with Crippen molar-refractivity contribution in [3.8, 4) is 17.2 Å². The van der Waals surface area contributed by atoms with E-state index in [0.29, 0.717) is 48.8 Å². The number of benzene rings is 2. The Balaban J connectivity index is 1.49.